The van der Waals surface area contributed by atoms with E-state index in [1.54, 1.807) is 6.07 Å². The fourth-order valence-corrected chi connectivity index (χ4v) is 3.97. The number of hydrogen-bond acceptors (Lipinski definition) is 7. The Morgan fingerprint density at radius 3 is 2.85 bits per heavy atom. The molecule has 2 heterocycles. The number of thioether (sulfide) groups is 1. The molecule has 1 aromatic carbocycles. The van der Waals surface area contributed by atoms with Crippen LogP contribution in [-0.2, 0) is 16.1 Å². The molecule has 27 heavy (non-hydrogen) atoms. The maximum Gasteiger partial charge on any atom is 0.373 e. The Hall–Kier alpha value is -2.23. The van der Waals surface area contributed by atoms with E-state index in [0.29, 0.717) is 10.0 Å². The van der Waals surface area contributed by atoms with Gasteiger partial charge in [-0.05, 0) is 42.1 Å². The van der Waals surface area contributed by atoms with Crippen molar-refractivity contribution in [3.63, 3.8) is 0 Å². The standard InChI is InChI=1S/C17H11BrClNO6S/c1-25-16(23)12-3-2-10(26-12)7-20-15(22)13(27-17(20)24)5-8-4-9(18)6-11(19)14(8)21/h2-6,21H,7H2,1H3. The van der Waals surface area contributed by atoms with Crippen LogP contribution in [0.15, 0.2) is 38.1 Å². The molecule has 2 amide bonds. The number of furan rings is 1. The molecule has 0 atom stereocenters. The second-order valence-corrected chi connectivity index (χ2v) is 7.67. The number of rotatable bonds is 4. The van der Waals surface area contributed by atoms with E-state index in [4.69, 9.17) is 16.0 Å². The molecule has 10 heteroatoms. The predicted molar refractivity (Wildman–Crippen MR) is 102 cm³/mol. The molecule has 1 aliphatic rings. The van der Waals surface area contributed by atoms with Crippen LogP contribution < -0.4 is 0 Å². The van der Waals surface area contributed by atoms with Gasteiger partial charge < -0.3 is 14.3 Å². The quantitative estimate of drug-likeness (QED) is 0.519. The smallest absolute Gasteiger partial charge is 0.373 e. The lowest BCUT2D eigenvalue weighted by atomic mass is 10.2. The van der Waals surface area contributed by atoms with Gasteiger partial charge in [0.2, 0.25) is 5.76 Å². The van der Waals surface area contributed by atoms with Gasteiger partial charge >= 0.3 is 5.97 Å². The first kappa shape index (κ1) is 19.5. The Morgan fingerprint density at radius 1 is 1.41 bits per heavy atom. The summed E-state index contributed by atoms with van der Waals surface area (Å²) in [6, 6.07) is 5.97. The lowest BCUT2D eigenvalue weighted by Gasteiger charge is -2.10. The zero-order valence-electron chi connectivity index (χ0n) is 13.7. The van der Waals surface area contributed by atoms with E-state index < -0.39 is 17.1 Å². The van der Waals surface area contributed by atoms with E-state index in [9.17, 15) is 19.5 Å². The second kappa shape index (κ2) is 7.79. The van der Waals surface area contributed by atoms with E-state index in [0.717, 1.165) is 16.7 Å². The highest BCUT2D eigenvalue weighted by Crippen LogP contribution is 2.37. The van der Waals surface area contributed by atoms with Crippen molar-refractivity contribution in [2.24, 2.45) is 0 Å². The number of carbonyl (C=O) groups is 3. The average Bonchev–Trinajstić information content (AvgIpc) is 3.19. The number of imide groups is 1. The Labute approximate surface area is 171 Å². The highest BCUT2D eigenvalue weighted by atomic mass is 79.9. The number of esters is 1. The molecule has 1 aliphatic heterocycles. The lowest BCUT2D eigenvalue weighted by molar-refractivity contribution is -0.123. The monoisotopic (exact) mass is 471 g/mol. The number of aromatic hydroxyl groups is 1. The molecule has 1 saturated heterocycles. The number of carbonyl (C=O) groups excluding carboxylic acids is 3. The average molecular weight is 473 g/mol. The molecule has 1 fully saturated rings. The molecule has 0 spiro atoms. The summed E-state index contributed by atoms with van der Waals surface area (Å²) in [5.74, 6) is -1.16. The van der Waals surface area contributed by atoms with Gasteiger partial charge in [0.1, 0.15) is 11.5 Å². The van der Waals surface area contributed by atoms with Crippen molar-refractivity contribution in [3.8, 4) is 5.75 Å². The normalized spacial score (nSPS) is 15.7. The molecular weight excluding hydrogens is 462 g/mol. The number of hydrogen-bond donors (Lipinski definition) is 1. The second-order valence-electron chi connectivity index (χ2n) is 5.35. The van der Waals surface area contributed by atoms with Crippen molar-refractivity contribution in [1.82, 2.24) is 4.90 Å². The van der Waals surface area contributed by atoms with Crippen LogP contribution in [0.2, 0.25) is 5.02 Å². The van der Waals surface area contributed by atoms with Crippen LogP contribution in [-0.4, -0.2) is 34.2 Å². The van der Waals surface area contributed by atoms with Crippen molar-refractivity contribution in [2.75, 3.05) is 7.11 Å². The van der Waals surface area contributed by atoms with E-state index in [2.05, 4.69) is 20.7 Å². The van der Waals surface area contributed by atoms with Gasteiger partial charge in [0.15, 0.2) is 0 Å². The third-order valence-electron chi connectivity index (χ3n) is 3.58. The third-order valence-corrected chi connectivity index (χ3v) is 5.23. The topological polar surface area (TPSA) is 97.0 Å². The van der Waals surface area contributed by atoms with E-state index in [1.165, 1.54) is 31.4 Å². The number of nitrogens with zero attached hydrogens (tertiary/aromatic N) is 1. The van der Waals surface area contributed by atoms with Crippen molar-refractivity contribution >= 4 is 62.5 Å². The van der Waals surface area contributed by atoms with Crippen LogP contribution in [0.5, 0.6) is 5.75 Å². The number of benzene rings is 1. The van der Waals surface area contributed by atoms with E-state index >= 15 is 0 Å². The zero-order valence-corrected chi connectivity index (χ0v) is 16.9. The van der Waals surface area contributed by atoms with Crippen LogP contribution in [0.1, 0.15) is 21.9 Å². The highest BCUT2D eigenvalue weighted by molar-refractivity contribution is 9.10. The number of phenolic OH excluding ortho intramolecular Hbond substituents is 1. The van der Waals surface area contributed by atoms with Crippen LogP contribution in [0.3, 0.4) is 0 Å². The number of methoxy groups -OCH3 is 1. The molecule has 3 rings (SSSR count). The SMILES string of the molecule is COC(=O)c1ccc(CN2C(=O)SC(=Cc3cc(Br)cc(Cl)c3O)C2=O)o1. The number of phenols is 1. The van der Waals surface area contributed by atoms with Gasteiger partial charge in [0.25, 0.3) is 11.1 Å². The van der Waals surface area contributed by atoms with Gasteiger partial charge in [-0.3, -0.25) is 14.5 Å². The number of halogens is 2. The molecule has 1 aromatic heterocycles. The van der Waals surface area contributed by atoms with Crippen LogP contribution >= 0.6 is 39.3 Å². The number of amides is 2. The summed E-state index contributed by atoms with van der Waals surface area (Å²) in [5.41, 5.74) is 0.297. The molecule has 0 unspecified atom stereocenters. The Kier molecular flexibility index (Phi) is 5.64. The molecular formula is C17H11BrClNO6S. The van der Waals surface area contributed by atoms with Gasteiger partial charge in [0.05, 0.1) is 23.6 Å². The van der Waals surface area contributed by atoms with Crippen LogP contribution in [0.4, 0.5) is 4.79 Å². The summed E-state index contributed by atoms with van der Waals surface area (Å²) in [5, 5.41) is 9.65. The third kappa shape index (κ3) is 4.05. The van der Waals surface area contributed by atoms with Gasteiger partial charge in [-0.1, -0.05) is 27.5 Å². The summed E-state index contributed by atoms with van der Waals surface area (Å²) in [6.07, 6.45) is 1.39. The summed E-state index contributed by atoms with van der Waals surface area (Å²) < 4.78 is 10.4. The van der Waals surface area contributed by atoms with E-state index in [-0.39, 0.29) is 33.7 Å². The maximum atomic E-state index is 12.6. The highest BCUT2D eigenvalue weighted by Gasteiger charge is 2.36. The minimum atomic E-state index is -0.655. The number of ether oxygens (including phenoxy) is 1. The Morgan fingerprint density at radius 2 is 2.15 bits per heavy atom. The summed E-state index contributed by atoms with van der Waals surface area (Å²) in [7, 11) is 1.22. The first-order chi connectivity index (χ1) is 12.8. The zero-order chi connectivity index (χ0) is 19.7. The predicted octanol–water partition coefficient (Wildman–Crippen LogP) is 4.42. The van der Waals surface area contributed by atoms with Crippen LogP contribution in [0, 0.1) is 0 Å². The molecule has 0 saturated carbocycles. The van der Waals surface area contributed by atoms with Crippen LogP contribution in [0.25, 0.3) is 6.08 Å². The molecule has 140 valence electrons. The van der Waals surface area contributed by atoms with Crippen molar-refractivity contribution < 1.29 is 28.6 Å². The van der Waals surface area contributed by atoms with Crippen molar-refractivity contribution in [3.05, 3.63) is 55.7 Å². The molecule has 2 aromatic rings. The largest absolute Gasteiger partial charge is 0.506 e. The van der Waals surface area contributed by atoms with Gasteiger partial charge in [-0.2, -0.15) is 0 Å². The lowest BCUT2D eigenvalue weighted by Crippen LogP contribution is -2.27. The van der Waals surface area contributed by atoms with Gasteiger partial charge in [0, 0.05) is 10.0 Å². The van der Waals surface area contributed by atoms with Gasteiger partial charge in [-0.25, -0.2) is 4.79 Å². The minimum absolute atomic E-state index is 0.0243. The molecule has 0 aliphatic carbocycles. The van der Waals surface area contributed by atoms with Gasteiger partial charge in [-0.15, -0.1) is 0 Å². The molecule has 7 nitrogen and oxygen atoms in total. The maximum absolute atomic E-state index is 12.6. The molecule has 0 bridgehead atoms. The molecule has 0 radical (unpaired) electrons. The minimum Gasteiger partial charge on any atom is -0.506 e. The Bertz CT molecular complexity index is 986. The van der Waals surface area contributed by atoms with E-state index in [1.807, 2.05) is 0 Å². The Balaban J connectivity index is 1.83. The first-order valence-corrected chi connectivity index (χ1v) is 9.39. The molecule has 1 N–H and O–H groups in total. The van der Waals surface area contributed by atoms with Crippen molar-refractivity contribution in [2.45, 2.75) is 6.54 Å². The summed E-state index contributed by atoms with van der Waals surface area (Å²) >= 11 is 9.90. The van der Waals surface area contributed by atoms with Crippen molar-refractivity contribution in [1.29, 1.82) is 0 Å². The first-order valence-electron chi connectivity index (χ1n) is 7.40. The summed E-state index contributed by atoms with van der Waals surface area (Å²) in [4.78, 5) is 37.3. The fraction of sp³-hybridized carbons (Fsp3) is 0.118. The fourth-order valence-electron chi connectivity index (χ4n) is 2.30. The summed E-state index contributed by atoms with van der Waals surface area (Å²) in [6.45, 7) is -0.135.